The van der Waals surface area contributed by atoms with Crippen molar-refractivity contribution < 1.29 is 9.90 Å². The van der Waals surface area contributed by atoms with E-state index >= 15 is 0 Å². The first kappa shape index (κ1) is 23.1. The van der Waals surface area contributed by atoms with Crippen molar-refractivity contribution in [2.75, 3.05) is 24.7 Å². The van der Waals surface area contributed by atoms with Crippen LogP contribution in [0, 0.1) is 17.8 Å². The fraction of sp³-hybridized carbons (Fsp3) is 0.480. The van der Waals surface area contributed by atoms with Gasteiger partial charge in [-0.25, -0.2) is 4.98 Å². The van der Waals surface area contributed by atoms with Gasteiger partial charge in [0.25, 0.3) is 16.8 Å². The molecule has 1 spiro atoms. The van der Waals surface area contributed by atoms with Gasteiger partial charge in [0.2, 0.25) is 0 Å². The van der Waals surface area contributed by atoms with Crippen molar-refractivity contribution in [1.82, 2.24) is 19.7 Å². The fourth-order valence-corrected chi connectivity index (χ4v) is 5.73. The van der Waals surface area contributed by atoms with E-state index in [1.54, 1.807) is 18.8 Å². The fourth-order valence-electron chi connectivity index (χ4n) is 5.73. The molecule has 0 radical (unpaired) electrons. The second kappa shape index (κ2) is 7.66. The summed E-state index contributed by atoms with van der Waals surface area (Å²) in [6.07, 6.45) is 7.85. The molecule has 1 atom stereocenters. The van der Waals surface area contributed by atoms with E-state index in [0.717, 1.165) is 24.1 Å². The van der Waals surface area contributed by atoms with E-state index in [9.17, 15) is 19.5 Å². The van der Waals surface area contributed by atoms with Crippen molar-refractivity contribution in [3.63, 3.8) is 0 Å². The van der Waals surface area contributed by atoms with Crippen molar-refractivity contribution in [2.24, 2.45) is 17.9 Å². The van der Waals surface area contributed by atoms with Crippen LogP contribution in [0.3, 0.4) is 0 Å². The van der Waals surface area contributed by atoms with E-state index in [4.69, 9.17) is 0 Å². The zero-order valence-electron chi connectivity index (χ0n) is 20.6. The minimum Gasteiger partial charge on any atom is -0.504 e. The number of nitrogens with zero attached hydrogens (tertiary/aromatic N) is 4. The molecule has 1 aromatic carbocycles. The molecule has 2 aromatic heterocycles. The molecule has 35 heavy (non-hydrogen) atoms. The zero-order chi connectivity index (χ0) is 25.3. The van der Waals surface area contributed by atoms with E-state index in [1.165, 1.54) is 30.0 Å². The molecule has 3 N–H and O–H groups in total. The maximum Gasteiger partial charge on any atom is 0.275 e. The van der Waals surface area contributed by atoms with Crippen LogP contribution in [0.25, 0.3) is 0 Å². The predicted octanol–water partition coefficient (Wildman–Crippen LogP) is 2.60. The molecule has 2 saturated carbocycles. The van der Waals surface area contributed by atoms with Gasteiger partial charge in [0, 0.05) is 33.5 Å². The van der Waals surface area contributed by atoms with Crippen LogP contribution in [-0.2, 0) is 7.05 Å². The highest BCUT2D eigenvalue weighted by atomic mass is 16.3. The number of aryl methyl sites for hydroxylation is 2. The molecule has 2 aliphatic rings. The maximum atomic E-state index is 12.7. The third kappa shape index (κ3) is 3.67. The van der Waals surface area contributed by atoms with Crippen LogP contribution >= 0.6 is 0 Å². The molecular weight excluding hydrogens is 448 g/mol. The molecule has 0 bridgehead atoms. The van der Waals surface area contributed by atoms with Gasteiger partial charge >= 0.3 is 0 Å². The largest absolute Gasteiger partial charge is 0.504 e. The van der Waals surface area contributed by atoms with E-state index in [2.05, 4.69) is 27.6 Å². The number of carbonyl (C=O) groups excluding carboxylic acids is 1. The maximum absolute atomic E-state index is 12.7. The molecule has 2 aliphatic carbocycles. The molecule has 5 rings (SSSR count). The number of aromatic hydroxyl groups is 1. The summed E-state index contributed by atoms with van der Waals surface area (Å²) in [4.78, 5) is 42.8. The van der Waals surface area contributed by atoms with Crippen molar-refractivity contribution in [3.8, 4) is 5.75 Å². The monoisotopic (exact) mass is 478 g/mol. The molecule has 10 heteroatoms. The number of aromatic nitrogens is 3. The Kier molecular flexibility index (Phi) is 5.05. The predicted molar refractivity (Wildman–Crippen MR) is 132 cm³/mol. The van der Waals surface area contributed by atoms with Gasteiger partial charge in [-0.05, 0) is 55.1 Å². The first-order chi connectivity index (χ1) is 16.4. The van der Waals surface area contributed by atoms with Gasteiger partial charge in [-0.3, -0.25) is 19.1 Å². The summed E-state index contributed by atoms with van der Waals surface area (Å²) in [5.41, 5.74) is 1.07. The molecule has 10 nitrogen and oxygen atoms in total. The Morgan fingerprint density at radius 3 is 2.43 bits per heavy atom. The van der Waals surface area contributed by atoms with E-state index in [-0.39, 0.29) is 40.0 Å². The number of hydrogen-bond acceptors (Lipinski definition) is 8. The number of anilines is 3. The first-order valence-electron chi connectivity index (χ1n) is 11.7. The van der Waals surface area contributed by atoms with Gasteiger partial charge in [0.05, 0.1) is 17.4 Å². The van der Waals surface area contributed by atoms with Gasteiger partial charge in [-0.1, -0.05) is 6.92 Å². The van der Waals surface area contributed by atoms with Crippen LogP contribution in [0.15, 0.2) is 28.0 Å². The molecule has 0 aliphatic heterocycles. The smallest absolute Gasteiger partial charge is 0.275 e. The molecular formula is C25H30N6O4. The lowest BCUT2D eigenvalue weighted by Crippen LogP contribution is -2.46. The van der Waals surface area contributed by atoms with Crippen LogP contribution in [-0.4, -0.2) is 44.8 Å². The van der Waals surface area contributed by atoms with Crippen LogP contribution in [0.2, 0.25) is 0 Å². The zero-order valence-corrected chi connectivity index (χ0v) is 20.6. The molecule has 1 amide bonds. The first-order valence-corrected chi connectivity index (χ1v) is 11.7. The van der Waals surface area contributed by atoms with Crippen molar-refractivity contribution >= 4 is 23.0 Å². The Balaban J connectivity index is 1.48. The molecule has 1 unspecified atom stereocenters. The second-order valence-electron chi connectivity index (χ2n) is 10.7. The summed E-state index contributed by atoms with van der Waals surface area (Å²) in [6.45, 7) is 4.19. The number of carbonyl (C=O) groups is 1. The summed E-state index contributed by atoms with van der Waals surface area (Å²) in [5, 5.41) is 21.5. The Morgan fingerprint density at radius 2 is 1.86 bits per heavy atom. The third-order valence-electron chi connectivity index (χ3n) is 7.53. The number of hydrogen-bond donors (Lipinski definition) is 3. The van der Waals surface area contributed by atoms with Crippen LogP contribution in [0.4, 0.5) is 17.1 Å². The average molecular weight is 479 g/mol. The van der Waals surface area contributed by atoms with E-state index in [0.29, 0.717) is 5.41 Å². The highest BCUT2D eigenvalue weighted by molar-refractivity contribution is 5.97. The number of rotatable bonds is 7. The van der Waals surface area contributed by atoms with Crippen LogP contribution in [0.1, 0.15) is 60.4 Å². The van der Waals surface area contributed by atoms with Crippen LogP contribution < -0.4 is 21.5 Å². The highest BCUT2D eigenvalue weighted by Gasteiger charge is 2.62. The number of pyridine rings is 1. The van der Waals surface area contributed by atoms with Crippen molar-refractivity contribution in [2.45, 2.75) is 45.6 Å². The Hall–Kier alpha value is -3.69. The Morgan fingerprint density at radius 1 is 1.20 bits per heavy atom. The third-order valence-corrected chi connectivity index (χ3v) is 7.53. The van der Waals surface area contributed by atoms with Crippen molar-refractivity contribution in [1.29, 1.82) is 0 Å². The van der Waals surface area contributed by atoms with Crippen LogP contribution in [0.5, 0.6) is 5.75 Å². The Bertz CT molecular complexity index is 1400. The van der Waals surface area contributed by atoms with Crippen molar-refractivity contribution in [3.05, 3.63) is 55.9 Å². The normalized spacial score (nSPS) is 18.2. The minimum absolute atomic E-state index is 0.0578. The van der Waals surface area contributed by atoms with E-state index < -0.39 is 16.8 Å². The molecule has 0 saturated heterocycles. The summed E-state index contributed by atoms with van der Waals surface area (Å²) < 4.78 is 1.76. The van der Waals surface area contributed by atoms with Gasteiger partial charge < -0.3 is 20.6 Å². The summed E-state index contributed by atoms with van der Waals surface area (Å²) >= 11 is 0. The summed E-state index contributed by atoms with van der Waals surface area (Å²) in [5.74, 6) is -0.865. The van der Waals surface area contributed by atoms with E-state index in [1.807, 2.05) is 20.2 Å². The summed E-state index contributed by atoms with van der Waals surface area (Å²) in [6, 6.07) is 1.20. The van der Waals surface area contributed by atoms with Gasteiger partial charge in [-0.2, -0.15) is 5.10 Å². The Labute approximate surface area is 202 Å². The highest BCUT2D eigenvalue weighted by Crippen LogP contribution is 2.71. The summed E-state index contributed by atoms with van der Waals surface area (Å²) in [7, 11) is 4.96. The lowest BCUT2D eigenvalue weighted by molar-refractivity contribution is 0.0324. The van der Waals surface area contributed by atoms with Gasteiger partial charge in [-0.15, -0.1) is 0 Å². The van der Waals surface area contributed by atoms with Gasteiger partial charge in [0.15, 0.2) is 11.4 Å². The average Bonchev–Trinajstić information content (AvgIpc) is 3.49. The molecule has 2 fully saturated rings. The molecule has 3 aromatic rings. The topological polar surface area (TPSA) is 129 Å². The number of nitrogens with one attached hydrogen (secondary N) is 2. The lowest BCUT2D eigenvalue weighted by Gasteiger charge is -2.51. The lowest BCUT2D eigenvalue weighted by atomic mass is 9.56. The minimum atomic E-state index is -0.682. The second-order valence-corrected chi connectivity index (χ2v) is 10.7. The quantitative estimate of drug-likeness (QED) is 0.442. The molecule has 184 valence electrons. The standard InChI is InChI=1S/C25H30N6O4/c1-13-10-31(5)29-15(13)22(24(2)11-25(12-24)7-8-25)28-17-16(20(33)21(17)34)27-14-6-9-26-18(19(14)32)23(35)30(3)4/h6,9-10,22,28,32H,7-8,11-12H2,1-5H3,(H,26,27). The van der Waals surface area contributed by atoms with Gasteiger partial charge in [0.1, 0.15) is 11.4 Å². The number of amides is 1. The molecule has 2 heterocycles. The SMILES string of the molecule is Cc1cn(C)nc1C(Nc1c(Nc2ccnc(C(=O)N(C)C)c2O)c(=O)c1=O)C1(C)CC2(CC2)C1.